The first-order chi connectivity index (χ1) is 10.2. The molecule has 3 rings (SSSR count). The summed E-state index contributed by atoms with van der Waals surface area (Å²) >= 11 is 0. The third-order valence-electron chi connectivity index (χ3n) is 4.04. The minimum atomic E-state index is -0.908. The van der Waals surface area contributed by atoms with Gasteiger partial charge in [0, 0.05) is 42.0 Å². The normalized spacial score (nSPS) is 20.7. The van der Waals surface area contributed by atoms with Crippen LogP contribution in [0.5, 0.6) is 0 Å². The number of aromatic nitrogens is 2. The van der Waals surface area contributed by atoms with Crippen molar-refractivity contribution in [3.8, 4) is 0 Å². The van der Waals surface area contributed by atoms with E-state index in [1.54, 1.807) is 0 Å². The summed E-state index contributed by atoms with van der Waals surface area (Å²) in [5, 5.41) is 4.27. The second-order valence-corrected chi connectivity index (χ2v) is 7.07. The van der Waals surface area contributed by atoms with Crippen molar-refractivity contribution in [3.63, 3.8) is 0 Å². The van der Waals surface area contributed by atoms with Crippen LogP contribution in [0.2, 0.25) is 0 Å². The number of hydrogen-bond acceptors (Lipinski definition) is 3. The molecule has 2 heterocycles. The highest BCUT2D eigenvalue weighted by Gasteiger charge is 2.26. The Labute approximate surface area is 128 Å². The summed E-state index contributed by atoms with van der Waals surface area (Å²) in [7, 11) is 1.04. The maximum absolute atomic E-state index is 12.3. The molecule has 0 radical (unpaired) electrons. The predicted molar refractivity (Wildman–Crippen MR) is 84.5 cm³/mol. The molecule has 2 aromatic rings. The molecular weight excluding hydrogens is 282 g/mol. The summed E-state index contributed by atoms with van der Waals surface area (Å²) in [6.07, 6.45) is 6.43. The zero-order valence-corrected chi connectivity index (χ0v) is 13.1. The van der Waals surface area contributed by atoms with E-state index in [1.165, 1.54) is 18.4 Å². The molecule has 21 heavy (non-hydrogen) atoms. The highest BCUT2D eigenvalue weighted by molar-refractivity contribution is 7.85. The van der Waals surface area contributed by atoms with E-state index in [2.05, 4.69) is 16.2 Å². The minimum absolute atomic E-state index is 0.437. The number of hydrogen-bond donors (Lipinski definition) is 0. The quantitative estimate of drug-likeness (QED) is 0.851. The van der Waals surface area contributed by atoms with Gasteiger partial charge in [-0.05, 0) is 31.5 Å². The van der Waals surface area contributed by atoms with Crippen LogP contribution in [0.3, 0.4) is 0 Å². The van der Waals surface area contributed by atoms with Crippen molar-refractivity contribution in [3.05, 3.63) is 48.3 Å². The molecule has 1 aromatic heterocycles. The smallest absolute Gasteiger partial charge is 0.0542 e. The molecule has 0 spiro atoms. The van der Waals surface area contributed by atoms with Gasteiger partial charge in [0.25, 0.3) is 0 Å². The molecule has 0 saturated carbocycles. The number of likely N-dealkylation sites (tertiary alicyclic amines) is 1. The molecule has 0 aliphatic carbocycles. The number of rotatable bonds is 5. The zero-order chi connectivity index (χ0) is 14.7. The van der Waals surface area contributed by atoms with E-state index in [0.717, 1.165) is 18.0 Å². The first kappa shape index (κ1) is 14.5. The van der Waals surface area contributed by atoms with Crippen molar-refractivity contribution < 1.29 is 4.21 Å². The van der Waals surface area contributed by atoms with E-state index in [4.69, 9.17) is 0 Å². The van der Waals surface area contributed by atoms with Crippen LogP contribution in [0, 0.1) is 0 Å². The summed E-state index contributed by atoms with van der Waals surface area (Å²) in [6, 6.07) is 10.2. The average Bonchev–Trinajstić information content (AvgIpc) is 3.14. The lowest BCUT2D eigenvalue weighted by atomic mass is 10.1. The van der Waals surface area contributed by atoms with Crippen molar-refractivity contribution in [1.29, 1.82) is 0 Å². The molecule has 1 aliphatic rings. The van der Waals surface area contributed by atoms with Gasteiger partial charge in [0.2, 0.25) is 0 Å². The highest BCUT2D eigenvalue weighted by atomic mass is 32.2. The number of benzene rings is 1. The summed E-state index contributed by atoms with van der Waals surface area (Å²) in [4.78, 5) is 3.37. The van der Waals surface area contributed by atoms with Gasteiger partial charge in [0.15, 0.2) is 0 Å². The van der Waals surface area contributed by atoms with Crippen LogP contribution in [0.1, 0.15) is 24.4 Å². The van der Waals surface area contributed by atoms with Gasteiger partial charge >= 0.3 is 0 Å². The standard InChI is InChI=1S/C16H21N3OS/c1-18-13-14(12-17-18)16-8-5-9-19(16)10-11-21(20)15-6-3-2-4-7-15/h2-4,6-7,12-13,16H,5,8-11H2,1H3. The van der Waals surface area contributed by atoms with Crippen LogP contribution in [0.25, 0.3) is 0 Å². The van der Waals surface area contributed by atoms with Crippen LogP contribution in [-0.4, -0.2) is 37.7 Å². The van der Waals surface area contributed by atoms with Crippen LogP contribution >= 0.6 is 0 Å². The molecule has 2 unspecified atom stereocenters. The predicted octanol–water partition coefficient (Wildman–Crippen LogP) is 2.36. The molecule has 0 bridgehead atoms. The van der Waals surface area contributed by atoms with E-state index < -0.39 is 10.8 Å². The first-order valence-electron chi connectivity index (χ1n) is 7.40. The molecule has 4 nitrogen and oxygen atoms in total. The van der Waals surface area contributed by atoms with E-state index >= 15 is 0 Å². The highest BCUT2D eigenvalue weighted by Crippen LogP contribution is 2.31. The molecule has 1 saturated heterocycles. The second kappa shape index (κ2) is 6.54. The van der Waals surface area contributed by atoms with Gasteiger partial charge in [-0.2, -0.15) is 5.10 Å². The van der Waals surface area contributed by atoms with Crippen LogP contribution in [-0.2, 0) is 17.8 Å². The van der Waals surface area contributed by atoms with Crippen molar-refractivity contribution in [2.45, 2.75) is 23.8 Å². The topological polar surface area (TPSA) is 38.1 Å². The van der Waals surface area contributed by atoms with E-state index in [0.29, 0.717) is 11.8 Å². The molecule has 0 N–H and O–H groups in total. The summed E-state index contributed by atoms with van der Waals surface area (Å²) in [5.41, 5.74) is 1.28. The lowest BCUT2D eigenvalue weighted by Crippen LogP contribution is -2.27. The Kier molecular flexibility index (Phi) is 4.51. The minimum Gasteiger partial charge on any atom is -0.295 e. The Hall–Kier alpha value is -1.46. The van der Waals surface area contributed by atoms with E-state index in [-0.39, 0.29) is 0 Å². The Morgan fingerprint density at radius 2 is 2.14 bits per heavy atom. The summed E-state index contributed by atoms with van der Waals surface area (Å²) in [6.45, 7) is 1.96. The lowest BCUT2D eigenvalue weighted by Gasteiger charge is -2.23. The van der Waals surface area contributed by atoms with Crippen LogP contribution < -0.4 is 0 Å². The van der Waals surface area contributed by atoms with Gasteiger partial charge in [-0.3, -0.25) is 13.8 Å². The number of aryl methyl sites for hydroxylation is 1. The summed E-state index contributed by atoms with van der Waals surface area (Å²) < 4.78 is 14.2. The van der Waals surface area contributed by atoms with E-state index in [9.17, 15) is 4.21 Å². The molecule has 1 aromatic carbocycles. The number of nitrogens with zero attached hydrogens (tertiary/aromatic N) is 3. The Balaban J connectivity index is 1.61. The van der Waals surface area contributed by atoms with Crippen molar-refractivity contribution in [1.82, 2.24) is 14.7 Å². The third kappa shape index (κ3) is 3.41. The molecule has 2 atom stereocenters. The van der Waals surface area contributed by atoms with Gasteiger partial charge in [-0.15, -0.1) is 0 Å². The molecule has 1 aliphatic heterocycles. The fourth-order valence-corrected chi connectivity index (χ4v) is 4.07. The van der Waals surface area contributed by atoms with Crippen molar-refractivity contribution in [2.24, 2.45) is 7.05 Å². The maximum atomic E-state index is 12.3. The molecule has 5 heteroatoms. The van der Waals surface area contributed by atoms with Crippen molar-refractivity contribution in [2.75, 3.05) is 18.8 Å². The van der Waals surface area contributed by atoms with Crippen molar-refractivity contribution >= 4 is 10.8 Å². The molecule has 112 valence electrons. The molecule has 1 fully saturated rings. The average molecular weight is 303 g/mol. The zero-order valence-electron chi connectivity index (χ0n) is 12.3. The first-order valence-corrected chi connectivity index (χ1v) is 8.72. The Morgan fingerprint density at radius 3 is 2.86 bits per heavy atom. The van der Waals surface area contributed by atoms with E-state index in [1.807, 2.05) is 48.3 Å². The van der Waals surface area contributed by atoms with Crippen LogP contribution in [0.15, 0.2) is 47.6 Å². The third-order valence-corrected chi connectivity index (χ3v) is 5.39. The van der Waals surface area contributed by atoms with Gasteiger partial charge in [-0.25, -0.2) is 0 Å². The van der Waals surface area contributed by atoms with Gasteiger partial charge in [0.1, 0.15) is 0 Å². The van der Waals surface area contributed by atoms with Gasteiger partial charge < -0.3 is 0 Å². The molecular formula is C16H21N3OS. The largest absolute Gasteiger partial charge is 0.295 e. The maximum Gasteiger partial charge on any atom is 0.0542 e. The molecule has 0 amide bonds. The Morgan fingerprint density at radius 1 is 1.33 bits per heavy atom. The second-order valence-electron chi connectivity index (χ2n) is 5.50. The summed E-state index contributed by atoms with van der Waals surface area (Å²) in [5.74, 6) is 0.695. The fourth-order valence-electron chi connectivity index (χ4n) is 2.97. The van der Waals surface area contributed by atoms with Gasteiger partial charge in [0.05, 0.1) is 17.0 Å². The SMILES string of the molecule is Cn1cc(C2CCCN2CCS(=O)c2ccccc2)cn1. The van der Waals surface area contributed by atoms with Crippen LogP contribution in [0.4, 0.5) is 0 Å². The Bertz CT molecular complexity index is 611. The fraction of sp³-hybridized carbons (Fsp3) is 0.438. The monoisotopic (exact) mass is 303 g/mol. The van der Waals surface area contributed by atoms with Gasteiger partial charge in [-0.1, -0.05) is 18.2 Å². The lowest BCUT2D eigenvalue weighted by molar-refractivity contribution is 0.273.